The molecule has 3 aromatic rings. The first kappa shape index (κ1) is 27.7. The van der Waals surface area contributed by atoms with Gasteiger partial charge in [0.05, 0.1) is 21.6 Å². The molecule has 0 aliphatic carbocycles. The molecule has 0 spiro atoms. The van der Waals surface area contributed by atoms with Crippen molar-refractivity contribution < 1.29 is 17.9 Å². The second kappa shape index (κ2) is 11.2. The molecule has 0 saturated heterocycles. The first-order chi connectivity index (χ1) is 17.9. The van der Waals surface area contributed by atoms with Gasteiger partial charge in [0.2, 0.25) is 10.0 Å². The average Bonchev–Trinajstić information content (AvgIpc) is 3.25. The summed E-state index contributed by atoms with van der Waals surface area (Å²) in [5, 5.41) is 10.4. The van der Waals surface area contributed by atoms with Gasteiger partial charge in [0.25, 0.3) is 0 Å². The van der Waals surface area contributed by atoms with Crippen LogP contribution in [0.15, 0.2) is 76.2 Å². The van der Waals surface area contributed by atoms with Crippen LogP contribution in [0.3, 0.4) is 0 Å². The Bertz CT molecular complexity index is 1420. The maximum Gasteiger partial charge on any atom is 0.407 e. The van der Waals surface area contributed by atoms with Crippen molar-refractivity contribution in [3.8, 4) is 0 Å². The second-order valence-electron chi connectivity index (χ2n) is 9.72. The van der Waals surface area contributed by atoms with Gasteiger partial charge in [-0.15, -0.1) is 0 Å². The molecule has 1 unspecified atom stereocenters. The van der Waals surface area contributed by atoms with E-state index in [-0.39, 0.29) is 24.0 Å². The third-order valence-corrected chi connectivity index (χ3v) is 7.70. The van der Waals surface area contributed by atoms with Crippen molar-refractivity contribution in [3.05, 3.63) is 76.9 Å². The van der Waals surface area contributed by atoms with Gasteiger partial charge in [-0.3, -0.25) is 0 Å². The molecule has 1 aliphatic rings. The Balaban J connectivity index is 1.44. The molecule has 3 N–H and O–H groups in total. The lowest BCUT2D eigenvalue weighted by Crippen LogP contribution is -2.37. The molecule has 202 valence electrons. The van der Waals surface area contributed by atoms with Crippen LogP contribution >= 0.6 is 15.9 Å². The Hall–Kier alpha value is -3.35. The van der Waals surface area contributed by atoms with Gasteiger partial charge in [-0.2, -0.15) is 5.10 Å². The summed E-state index contributed by atoms with van der Waals surface area (Å²) in [7, 11) is -1.74. The van der Waals surface area contributed by atoms with E-state index in [0.717, 1.165) is 21.7 Å². The Labute approximate surface area is 231 Å². The number of likely N-dealkylation sites (N-methyl/N-ethyl adjacent to an activating group) is 1. The monoisotopic (exact) mass is 602 g/mol. The number of benzene rings is 2. The number of fused-ring (bicyclic) bond motifs is 1. The van der Waals surface area contributed by atoms with E-state index in [1.807, 2.05) is 25.2 Å². The van der Waals surface area contributed by atoms with Gasteiger partial charge < -0.3 is 20.3 Å². The summed E-state index contributed by atoms with van der Waals surface area (Å²) in [5.41, 5.74) is 1.21. The number of halogens is 1. The van der Waals surface area contributed by atoms with Gasteiger partial charge in [0.1, 0.15) is 17.2 Å². The molecule has 0 fully saturated rings. The maximum atomic E-state index is 12.7. The smallest absolute Gasteiger partial charge is 0.407 e. The lowest BCUT2D eigenvalue weighted by molar-refractivity contribution is 0.0529. The van der Waals surface area contributed by atoms with Gasteiger partial charge in [0.15, 0.2) is 0 Å². The van der Waals surface area contributed by atoms with Gasteiger partial charge in [-0.1, -0.05) is 30.3 Å². The van der Waals surface area contributed by atoms with Crippen molar-refractivity contribution in [1.82, 2.24) is 19.8 Å². The summed E-state index contributed by atoms with van der Waals surface area (Å²) >= 11 is 3.60. The third kappa shape index (κ3) is 6.55. The zero-order valence-corrected chi connectivity index (χ0v) is 24.0. The number of alkyl carbamates (subject to hydrolysis) is 1. The minimum Gasteiger partial charge on any atom is -0.444 e. The van der Waals surface area contributed by atoms with Crippen LogP contribution in [0.25, 0.3) is 5.82 Å². The average molecular weight is 604 g/mol. The SMILES string of the molecule is CN1c2c(Br)cnn2C(Nc2ccc(S(=O)(=O)NCCNC(=O)OC(C)(C)C)cc2)=CC1c1ccccc1. The van der Waals surface area contributed by atoms with Crippen LogP contribution in [0.5, 0.6) is 0 Å². The summed E-state index contributed by atoms with van der Waals surface area (Å²) in [6, 6.07) is 16.6. The lowest BCUT2D eigenvalue weighted by Gasteiger charge is -2.34. The molecule has 4 rings (SSSR count). The maximum absolute atomic E-state index is 12.7. The number of ether oxygens (including phenoxy) is 1. The second-order valence-corrected chi connectivity index (χ2v) is 12.3. The van der Waals surface area contributed by atoms with Gasteiger partial charge in [-0.25, -0.2) is 22.6 Å². The van der Waals surface area contributed by atoms with E-state index < -0.39 is 21.7 Å². The Kier molecular flexibility index (Phi) is 8.14. The number of nitrogens with one attached hydrogen (secondary N) is 3. The fourth-order valence-corrected chi connectivity index (χ4v) is 5.53. The van der Waals surface area contributed by atoms with Crippen molar-refractivity contribution >= 4 is 49.4 Å². The summed E-state index contributed by atoms with van der Waals surface area (Å²) in [6.45, 7) is 5.39. The van der Waals surface area contributed by atoms with Crippen LogP contribution in [0.1, 0.15) is 32.4 Å². The highest BCUT2D eigenvalue weighted by atomic mass is 79.9. The number of carbonyl (C=O) groups is 1. The van der Waals surface area contributed by atoms with Crippen LogP contribution in [0, 0.1) is 0 Å². The summed E-state index contributed by atoms with van der Waals surface area (Å²) < 4.78 is 35.7. The van der Waals surface area contributed by atoms with Crippen molar-refractivity contribution in [2.75, 3.05) is 30.4 Å². The van der Waals surface area contributed by atoms with Crippen LogP contribution in [0.4, 0.5) is 16.3 Å². The molecule has 1 atom stereocenters. The highest BCUT2D eigenvalue weighted by Gasteiger charge is 2.28. The topological polar surface area (TPSA) is 118 Å². The van der Waals surface area contributed by atoms with E-state index in [1.54, 1.807) is 43.8 Å². The largest absolute Gasteiger partial charge is 0.444 e. The van der Waals surface area contributed by atoms with E-state index in [1.165, 1.54) is 12.1 Å². The fourth-order valence-electron chi connectivity index (χ4n) is 3.96. The van der Waals surface area contributed by atoms with Crippen LogP contribution in [-0.4, -0.2) is 50.0 Å². The van der Waals surface area contributed by atoms with Crippen LogP contribution in [0.2, 0.25) is 0 Å². The van der Waals surface area contributed by atoms with E-state index in [2.05, 4.69) is 59.5 Å². The number of sulfonamides is 1. The number of hydrogen-bond acceptors (Lipinski definition) is 7. The number of anilines is 2. The summed E-state index contributed by atoms with van der Waals surface area (Å²) in [5.74, 6) is 1.65. The molecule has 10 nitrogen and oxygen atoms in total. The highest BCUT2D eigenvalue weighted by Crippen LogP contribution is 2.38. The summed E-state index contributed by atoms with van der Waals surface area (Å²) in [4.78, 5) is 14.0. The van der Waals surface area contributed by atoms with Crippen molar-refractivity contribution in [3.63, 3.8) is 0 Å². The van der Waals surface area contributed by atoms with Gasteiger partial charge in [0, 0.05) is 25.8 Å². The molecule has 0 radical (unpaired) electrons. The number of hydrogen-bond donors (Lipinski definition) is 3. The van der Waals surface area contributed by atoms with Gasteiger partial charge >= 0.3 is 6.09 Å². The lowest BCUT2D eigenvalue weighted by atomic mass is 10.0. The number of nitrogens with zero attached hydrogens (tertiary/aromatic N) is 3. The zero-order valence-electron chi connectivity index (χ0n) is 21.6. The van der Waals surface area contributed by atoms with Gasteiger partial charge in [-0.05, 0) is 72.6 Å². The van der Waals surface area contributed by atoms with Crippen LogP contribution in [-0.2, 0) is 14.8 Å². The first-order valence-corrected chi connectivity index (χ1v) is 14.3. The van der Waals surface area contributed by atoms with Crippen LogP contribution < -0.4 is 20.3 Å². The van der Waals surface area contributed by atoms with Crippen molar-refractivity contribution in [1.29, 1.82) is 0 Å². The molecule has 1 amide bonds. The fraction of sp³-hybridized carbons (Fsp3) is 0.308. The quantitative estimate of drug-likeness (QED) is 0.324. The molecule has 1 aliphatic heterocycles. The number of amides is 1. The normalized spacial score (nSPS) is 15.4. The van der Waals surface area contributed by atoms with E-state index in [4.69, 9.17) is 4.74 Å². The summed E-state index contributed by atoms with van der Waals surface area (Å²) in [6.07, 6.45) is 3.22. The third-order valence-electron chi connectivity index (χ3n) is 5.66. The van der Waals surface area contributed by atoms with Crippen molar-refractivity contribution in [2.45, 2.75) is 37.3 Å². The minimum atomic E-state index is -3.76. The highest BCUT2D eigenvalue weighted by molar-refractivity contribution is 9.10. The first-order valence-electron chi connectivity index (χ1n) is 12.0. The molecule has 0 bridgehead atoms. The zero-order chi connectivity index (χ0) is 27.5. The predicted molar refractivity (Wildman–Crippen MR) is 151 cm³/mol. The number of carbonyl (C=O) groups excluding carboxylic acids is 1. The van der Waals surface area contributed by atoms with E-state index in [9.17, 15) is 13.2 Å². The molecule has 12 heteroatoms. The number of aromatic nitrogens is 2. The molecule has 0 saturated carbocycles. The minimum absolute atomic E-state index is 0.0276. The number of rotatable bonds is 8. The Morgan fingerprint density at radius 1 is 1.08 bits per heavy atom. The molecule has 38 heavy (non-hydrogen) atoms. The molecular formula is C26H31BrN6O4S. The molecule has 2 heterocycles. The predicted octanol–water partition coefficient (Wildman–Crippen LogP) is 4.55. The standard InChI is InChI=1S/C26H31BrN6O4S/c1-26(2,3)37-25(34)28-14-15-30-38(35,36)20-12-10-19(11-13-20)31-23-16-22(18-8-6-5-7-9-18)32(4)24-21(27)17-29-33(23)24/h5-13,16-17,22,30-31H,14-15H2,1-4H3,(H,28,34). The van der Waals surface area contributed by atoms with E-state index >= 15 is 0 Å². The Morgan fingerprint density at radius 3 is 2.42 bits per heavy atom. The van der Waals surface area contributed by atoms with E-state index in [0.29, 0.717) is 5.69 Å². The van der Waals surface area contributed by atoms with Crippen molar-refractivity contribution in [2.24, 2.45) is 0 Å². The molecule has 1 aromatic heterocycles. The molecule has 2 aromatic carbocycles. The molecular weight excluding hydrogens is 572 g/mol. The Morgan fingerprint density at radius 2 is 1.76 bits per heavy atom.